The Morgan fingerprint density at radius 2 is 1.79 bits per heavy atom. The first-order chi connectivity index (χ1) is 13.5. The van der Waals surface area contributed by atoms with Crippen LogP contribution in [0.1, 0.15) is 42.1 Å². The van der Waals surface area contributed by atoms with Crippen LogP contribution in [-0.2, 0) is 11.2 Å². The minimum absolute atomic E-state index is 0.245. The first-order valence-corrected chi connectivity index (χ1v) is 9.55. The minimum atomic E-state index is -0.432. The third kappa shape index (κ3) is 6.78. The van der Waals surface area contributed by atoms with Gasteiger partial charge in [0.05, 0.1) is 13.7 Å². The van der Waals surface area contributed by atoms with Crippen molar-refractivity contribution < 1.29 is 19.1 Å². The molecule has 0 bridgehead atoms. The van der Waals surface area contributed by atoms with Gasteiger partial charge in [0.15, 0.2) is 11.5 Å². The number of rotatable bonds is 9. The molecule has 0 heterocycles. The molecule has 150 valence electrons. The Balaban J connectivity index is 1.84. The third-order valence-electron chi connectivity index (χ3n) is 4.05. The first kappa shape index (κ1) is 21.6. The van der Waals surface area contributed by atoms with Gasteiger partial charge >= 0.3 is 0 Å². The van der Waals surface area contributed by atoms with Gasteiger partial charge in [0, 0.05) is 17.0 Å². The highest BCUT2D eigenvalue weighted by molar-refractivity contribution is 6.30. The van der Waals surface area contributed by atoms with Crippen LogP contribution < -0.4 is 20.3 Å². The van der Waals surface area contributed by atoms with E-state index in [0.29, 0.717) is 35.1 Å². The van der Waals surface area contributed by atoms with Crippen molar-refractivity contribution in [2.75, 3.05) is 13.7 Å². The minimum Gasteiger partial charge on any atom is -0.493 e. The number of aryl methyl sites for hydroxylation is 1. The van der Waals surface area contributed by atoms with Crippen molar-refractivity contribution in [3.63, 3.8) is 0 Å². The average Bonchev–Trinajstić information content (AvgIpc) is 2.71. The fourth-order valence-corrected chi connectivity index (χ4v) is 2.55. The summed E-state index contributed by atoms with van der Waals surface area (Å²) in [6.07, 6.45) is 2.76. The van der Waals surface area contributed by atoms with Gasteiger partial charge in [-0.3, -0.25) is 20.4 Å². The first-order valence-electron chi connectivity index (χ1n) is 9.18. The summed E-state index contributed by atoms with van der Waals surface area (Å²) in [5.74, 6) is 0.338. The van der Waals surface area contributed by atoms with Crippen LogP contribution in [0.15, 0.2) is 42.5 Å². The summed E-state index contributed by atoms with van der Waals surface area (Å²) in [5.41, 5.74) is 6.18. The molecule has 2 amide bonds. The molecule has 0 unspecified atom stereocenters. The molecular weight excluding hydrogens is 380 g/mol. The summed E-state index contributed by atoms with van der Waals surface area (Å²) in [5, 5.41) is 0.651. The van der Waals surface area contributed by atoms with E-state index in [1.54, 1.807) is 30.3 Å². The summed E-state index contributed by atoms with van der Waals surface area (Å²) in [6, 6.07) is 12.2. The van der Waals surface area contributed by atoms with Crippen LogP contribution in [0.25, 0.3) is 0 Å². The van der Waals surface area contributed by atoms with Gasteiger partial charge in [-0.15, -0.1) is 0 Å². The zero-order chi connectivity index (χ0) is 20.4. The van der Waals surface area contributed by atoms with Gasteiger partial charge in [0.2, 0.25) is 5.91 Å². The number of hydrogen-bond acceptors (Lipinski definition) is 4. The number of benzene rings is 2. The van der Waals surface area contributed by atoms with Crippen molar-refractivity contribution in [3.8, 4) is 11.5 Å². The molecule has 2 N–H and O–H groups in total. The highest BCUT2D eigenvalue weighted by Crippen LogP contribution is 2.28. The number of halogens is 1. The molecule has 0 aliphatic rings. The summed E-state index contributed by atoms with van der Waals surface area (Å²) < 4.78 is 10.9. The van der Waals surface area contributed by atoms with E-state index in [1.165, 1.54) is 7.11 Å². The van der Waals surface area contributed by atoms with E-state index < -0.39 is 5.91 Å². The molecule has 7 heteroatoms. The van der Waals surface area contributed by atoms with Gasteiger partial charge in [-0.2, -0.15) is 0 Å². The molecule has 6 nitrogen and oxygen atoms in total. The Kier molecular flexibility index (Phi) is 8.62. The van der Waals surface area contributed by atoms with E-state index in [4.69, 9.17) is 21.1 Å². The molecule has 0 saturated carbocycles. The Morgan fingerprint density at radius 1 is 1.04 bits per heavy atom. The highest BCUT2D eigenvalue weighted by atomic mass is 35.5. The average molecular weight is 405 g/mol. The Morgan fingerprint density at radius 3 is 2.46 bits per heavy atom. The highest BCUT2D eigenvalue weighted by Gasteiger charge is 2.12. The summed E-state index contributed by atoms with van der Waals surface area (Å²) in [6.45, 7) is 2.67. The van der Waals surface area contributed by atoms with E-state index in [9.17, 15) is 9.59 Å². The van der Waals surface area contributed by atoms with Crippen LogP contribution in [0, 0.1) is 0 Å². The molecule has 0 radical (unpaired) electrons. The van der Waals surface area contributed by atoms with Crippen LogP contribution in [0.4, 0.5) is 0 Å². The van der Waals surface area contributed by atoms with Crippen LogP contribution in [0.5, 0.6) is 11.5 Å². The molecule has 0 aliphatic heterocycles. The zero-order valence-corrected chi connectivity index (χ0v) is 16.8. The molecular formula is C21H25ClN2O4. The molecule has 0 fully saturated rings. The van der Waals surface area contributed by atoms with Crippen LogP contribution in [0.2, 0.25) is 5.02 Å². The third-order valence-corrected chi connectivity index (χ3v) is 4.30. The van der Waals surface area contributed by atoms with E-state index in [-0.39, 0.29) is 12.3 Å². The largest absolute Gasteiger partial charge is 0.493 e. The van der Waals surface area contributed by atoms with Crippen molar-refractivity contribution >= 4 is 23.4 Å². The Labute approximate surface area is 170 Å². The predicted molar refractivity (Wildman–Crippen MR) is 109 cm³/mol. The maximum absolute atomic E-state index is 12.3. The van der Waals surface area contributed by atoms with E-state index in [0.717, 1.165) is 18.4 Å². The summed E-state index contributed by atoms with van der Waals surface area (Å²) >= 11 is 5.84. The second-order valence-corrected chi connectivity index (χ2v) is 6.63. The van der Waals surface area contributed by atoms with Crippen LogP contribution >= 0.6 is 11.6 Å². The molecule has 28 heavy (non-hydrogen) atoms. The number of hydrogen-bond donors (Lipinski definition) is 2. The molecule has 0 saturated heterocycles. The monoisotopic (exact) mass is 404 g/mol. The van der Waals surface area contributed by atoms with Gasteiger partial charge in [0.1, 0.15) is 0 Å². The number of unbranched alkanes of at least 4 members (excludes halogenated alkanes) is 1. The predicted octanol–water partition coefficient (Wildman–Crippen LogP) is 3.92. The quantitative estimate of drug-likeness (QED) is 0.490. The van der Waals surface area contributed by atoms with Crippen molar-refractivity contribution in [3.05, 3.63) is 58.6 Å². The normalized spacial score (nSPS) is 10.2. The molecule has 2 aromatic rings. The van der Waals surface area contributed by atoms with Crippen LogP contribution in [0.3, 0.4) is 0 Å². The summed E-state index contributed by atoms with van der Waals surface area (Å²) in [4.78, 5) is 24.2. The van der Waals surface area contributed by atoms with E-state index in [2.05, 4.69) is 17.8 Å². The number of nitrogens with one attached hydrogen (secondary N) is 2. The smallest absolute Gasteiger partial charge is 0.269 e. The number of carbonyl (C=O) groups excluding carboxylic acids is 2. The molecule has 0 aromatic heterocycles. The lowest BCUT2D eigenvalue weighted by Crippen LogP contribution is -2.41. The fourth-order valence-electron chi connectivity index (χ4n) is 2.42. The van der Waals surface area contributed by atoms with Gasteiger partial charge in [-0.1, -0.05) is 37.1 Å². The van der Waals surface area contributed by atoms with Gasteiger partial charge in [0.25, 0.3) is 5.91 Å². The van der Waals surface area contributed by atoms with Crippen molar-refractivity contribution in [2.24, 2.45) is 0 Å². The fraction of sp³-hybridized carbons (Fsp3) is 0.333. The lowest BCUT2D eigenvalue weighted by Gasteiger charge is -2.12. The van der Waals surface area contributed by atoms with Crippen molar-refractivity contribution in [1.29, 1.82) is 0 Å². The maximum atomic E-state index is 12.3. The number of ether oxygens (including phenoxy) is 2. The SMILES string of the molecule is CCCCOc1ccc(C(=O)NNC(=O)CCc2ccc(Cl)cc2)cc1OC. The van der Waals surface area contributed by atoms with Gasteiger partial charge in [-0.25, -0.2) is 0 Å². The molecule has 2 rings (SSSR count). The molecule has 0 aliphatic carbocycles. The molecule has 0 spiro atoms. The number of carbonyl (C=O) groups is 2. The molecule has 2 aromatic carbocycles. The number of amides is 2. The summed E-state index contributed by atoms with van der Waals surface area (Å²) in [7, 11) is 1.52. The van der Waals surface area contributed by atoms with Gasteiger partial charge in [-0.05, 0) is 48.7 Å². The second-order valence-electron chi connectivity index (χ2n) is 6.20. The van der Waals surface area contributed by atoms with E-state index in [1.807, 2.05) is 12.1 Å². The van der Waals surface area contributed by atoms with Crippen molar-refractivity contribution in [2.45, 2.75) is 32.6 Å². The Hall–Kier alpha value is -2.73. The van der Waals surface area contributed by atoms with Crippen LogP contribution in [-0.4, -0.2) is 25.5 Å². The molecule has 0 atom stereocenters. The lowest BCUT2D eigenvalue weighted by atomic mass is 10.1. The topological polar surface area (TPSA) is 76.7 Å². The Bertz CT molecular complexity index is 793. The maximum Gasteiger partial charge on any atom is 0.269 e. The van der Waals surface area contributed by atoms with Crippen molar-refractivity contribution in [1.82, 2.24) is 10.9 Å². The number of hydrazine groups is 1. The number of methoxy groups -OCH3 is 1. The van der Waals surface area contributed by atoms with Gasteiger partial charge < -0.3 is 9.47 Å². The second kappa shape index (κ2) is 11.2. The standard InChI is InChI=1S/C21H25ClN2O4/c1-3-4-13-28-18-11-8-16(14-19(18)27-2)21(26)24-23-20(25)12-7-15-5-9-17(22)10-6-15/h5-6,8-11,14H,3-4,7,12-13H2,1-2H3,(H,23,25)(H,24,26). The zero-order valence-electron chi connectivity index (χ0n) is 16.1. The lowest BCUT2D eigenvalue weighted by molar-refractivity contribution is -0.121. The van der Waals surface area contributed by atoms with E-state index >= 15 is 0 Å².